The highest BCUT2D eigenvalue weighted by Crippen LogP contribution is 2.30. The Morgan fingerprint density at radius 1 is 1.26 bits per heavy atom. The molecule has 0 saturated heterocycles. The molecule has 2 heterocycles. The van der Waals surface area contributed by atoms with Gasteiger partial charge in [-0.15, -0.1) is 5.10 Å². The van der Waals surface area contributed by atoms with E-state index in [2.05, 4.69) is 34.3 Å². The molecule has 0 amide bonds. The molecule has 2 N–H and O–H groups in total. The second kappa shape index (κ2) is 7.52. The van der Waals surface area contributed by atoms with Crippen LogP contribution in [0, 0.1) is 18.8 Å². The number of aromatic nitrogens is 4. The summed E-state index contributed by atoms with van der Waals surface area (Å²) in [4.78, 5) is 4.52. The second-order valence-electron chi connectivity index (χ2n) is 7.72. The van der Waals surface area contributed by atoms with Gasteiger partial charge in [-0.05, 0) is 55.9 Å². The van der Waals surface area contributed by atoms with Crippen molar-refractivity contribution < 1.29 is 4.74 Å². The topological polar surface area (TPSA) is 67.2 Å². The molecule has 0 bridgehead atoms. The van der Waals surface area contributed by atoms with Crippen LogP contribution in [-0.4, -0.2) is 32.6 Å². The average molecular weight is 388 g/mol. The highest BCUT2D eigenvalue weighted by atomic mass is 35.5. The minimum Gasteiger partial charge on any atom is -0.363 e. The van der Waals surface area contributed by atoms with Crippen LogP contribution in [0.3, 0.4) is 0 Å². The first-order valence-corrected chi connectivity index (χ1v) is 9.96. The first-order chi connectivity index (χ1) is 13.0. The van der Waals surface area contributed by atoms with E-state index in [1.807, 2.05) is 31.2 Å². The monoisotopic (exact) mass is 387 g/mol. The lowest BCUT2D eigenvalue weighted by Gasteiger charge is -2.32. The van der Waals surface area contributed by atoms with E-state index < -0.39 is 0 Å². The Kier molecular flexibility index (Phi) is 5.10. The first-order valence-electron chi connectivity index (χ1n) is 9.58. The van der Waals surface area contributed by atoms with Gasteiger partial charge in [-0.3, -0.25) is 5.10 Å². The third kappa shape index (κ3) is 3.82. The van der Waals surface area contributed by atoms with Crippen LogP contribution in [0.4, 0.5) is 5.69 Å². The second-order valence-corrected chi connectivity index (χ2v) is 8.10. The summed E-state index contributed by atoms with van der Waals surface area (Å²) in [5.74, 6) is 2.05. The molecule has 144 valence electrons. The number of fused-ring (bicyclic) bond motifs is 1. The van der Waals surface area contributed by atoms with E-state index >= 15 is 0 Å². The Morgan fingerprint density at radius 3 is 2.78 bits per heavy atom. The molecule has 6 nitrogen and oxygen atoms in total. The summed E-state index contributed by atoms with van der Waals surface area (Å²) in [6, 6.07) is 8.05. The fourth-order valence-electron chi connectivity index (χ4n) is 3.71. The van der Waals surface area contributed by atoms with Gasteiger partial charge in [0.05, 0.1) is 11.8 Å². The summed E-state index contributed by atoms with van der Waals surface area (Å²) in [5, 5.41) is 11.5. The average Bonchev–Trinajstić information content (AvgIpc) is 3.18. The largest absolute Gasteiger partial charge is 0.363 e. The molecule has 2 unspecified atom stereocenters. The minimum absolute atomic E-state index is 0.353. The van der Waals surface area contributed by atoms with Crippen molar-refractivity contribution in [3.8, 4) is 11.4 Å². The van der Waals surface area contributed by atoms with Gasteiger partial charge in [0.15, 0.2) is 11.5 Å². The highest BCUT2D eigenvalue weighted by molar-refractivity contribution is 6.34. The van der Waals surface area contributed by atoms with Crippen LogP contribution in [0.15, 0.2) is 24.3 Å². The van der Waals surface area contributed by atoms with Gasteiger partial charge in [-0.1, -0.05) is 31.9 Å². The Bertz CT molecular complexity index is 916. The number of nitrogens with one attached hydrogen (secondary N) is 2. The molecule has 2 aromatic heterocycles. The minimum atomic E-state index is 0.353. The van der Waals surface area contributed by atoms with E-state index in [1.54, 1.807) is 4.63 Å². The zero-order valence-corrected chi connectivity index (χ0v) is 16.8. The van der Waals surface area contributed by atoms with Gasteiger partial charge in [0.1, 0.15) is 11.8 Å². The Labute approximate surface area is 164 Å². The molecule has 27 heavy (non-hydrogen) atoms. The summed E-state index contributed by atoms with van der Waals surface area (Å²) in [7, 11) is 0. The third-order valence-electron chi connectivity index (χ3n) is 5.51. The molecule has 3 atom stereocenters. The number of hydrogen-bond acceptors (Lipinski definition) is 4. The fourth-order valence-corrected chi connectivity index (χ4v) is 3.88. The molecule has 1 saturated carbocycles. The van der Waals surface area contributed by atoms with Gasteiger partial charge in [-0.2, -0.15) is 4.63 Å². The van der Waals surface area contributed by atoms with Crippen molar-refractivity contribution in [2.75, 3.05) is 12.0 Å². The Hall–Kier alpha value is -2.05. The molecule has 0 aliphatic heterocycles. The Balaban J connectivity index is 1.37. The third-order valence-corrected chi connectivity index (χ3v) is 5.96. The van der Waals surface area contributed by atoms with Crippen LogP contribution in [0.2, 0.25) is 5.02 Å². The number of rotatable bonds is 5. The van der Waals surface area contributed by atoms with E-state index in [0.29, 0.717) is 35.2 Å². The molecular formula is C20H26ClN5O. The van der Waals surface area contributed by atoms with Crippen LogP contribution >= 0.6 is 11.6 Å². The molecule has 1 fully saturated rings. The molecular weight excluding hydrogens is 362 g/mol. The predicted octanol–water partition coefficient (Wildman–Crippen LogP) is 4.90. The van der Waals surface area contributed by atoms with E-state index in [-0.39, 0.29) is 0 Å². The van der Waals surface area contributed by atoms with Gasteiger partial charge in [0, 0.05) is 11.3 Å². The van der Waals surface area contributed by atoms with E-state index in [0.717, 1.165) is 29.3 Å². The molecule has 1 aliphatic carbocycles. The summed E-state index contributed by atoms with van der Waals surface area (Å²) < 4.78 is 7.69. The van der Waals surface area contributed by atoms with Crippen molar-refractivity contribution >= 4 is 22.9 Å². The van der Waals surface area contributed by atoms with Crippen molar-refractivity contribution in [2.45, 2.75) is 46.1 Å². The van der Waals surface area contributed by atoms with Gasteiger partial charge >= 0.3 is 0 Å². The number of nitrogens with zero attached hydrogens (tertiary/aromatic N) is 3. The lowest BCUT2D eigenvalue weighted by atomic mass is 9.82. The number of benzene rings is 1. The van der Waals surface area contributed by atoms with Crippen LogP contribution in [0.1, 0.15) is 38.8 Å². The lowest BCUT2D eigenvalue weighted by Crippen LogP contribution is -2.30. The number of aromatic amines is 1. The maximum Gasteiger partial charge on any atom is 0.194 e. The first kappa shape index (κ1) is 18.3. The van der Waals surface area contributed by atoms with Crippen molar-refractivity contribution in [1.29, 1.82) is 0 Å². The molecule has 7 heteroatoms. The molecule has 0 spiro atoms. The smallest absolute Gasteiger partial charge is 0.194 e. The molecule has 1 aliphatic rings. The highest BCUT2D eigenvalue weighted by Gasteiger charge is 2.25. The SMILES string of the molecule is Cc1[nH]n2nc(-c3ccc(NCOC4CC(C)CC[C@H]4C)cc3)nc2c1Cl. The summed E-state index contributed by atoms with van der Waals surface area (Å²) in [6.45, 7) is 7.03. The van der Waals surface area contributed by atoms with Crippen molar-refractivity contribution in [3.05, 3.63) is 35.0 Å². The van der Waals surface area contributed by atoms with Gasteiger partial charge in [0.2, 0.25) is 0 Å². The lowest BCUT2D eigenvalue weighted by molar-refractivity contribution is -0.00908. The number of anilines is 1. The van der Waals surface area contributed by atoms with Crippen LogP contribution in [0.25, 0.3) is 17.0 Å². The maximum atomic E-state index is 6.23. The number of H-pyrrole nitrogens is 1. The van der Waals surface area contributed by atoms with E-state index in [9.17, 15) is 0 Å². The predicted molar refractivity (Wildman–Crippen MR) is 108 cm³/mol. The normalized spacial score (nSPS) is 23.0. The summed E-state index contributed by atoms with van der Waals surface area (Å²) in [6.07, 6.45) is 4.09. The number of hydrogen-bond donors (Lipinski definition) is 2. The Morgan fingerprint density at radius 2 is 2.04 bits per heavy atom. The van der Waals surface area contributed by atoms with E-state index in [1.165, 1.54) is 12.8 Å². The van der Waals surface area contributed by atoms with Crippen LogP contribution in [0.5, 0.6) is 0 Å². The zero-order chi connectivity index (χ0) is 19.0. The maximum absolute atomic E-state index is 6.23. The van der Waals surface area contributed by atoms with Crippen LogP contribution < -0.4 is 5.32 Å². The molecule has 0 radical (unpaired) electrons. The number of aryl methyl sites for hydroxylation is 1. The molecule has 3 aromatic rings. The number of ether oxygens (including phenoxy) is 1. The summed E-state index contributed by atoms with van der Waals surface area (Å²) >= 11 is 6.23. The number of halogens is 1. The van der Waals surface area contributed by atoms with Gasteiger partial charge < -0.3 is 10.1 Å². The van der Waals surface area contributed by atoms with Gasteiger partial charge in [-0.25, -0.2) is 4.98 Å². The quantitative estimate of drug-likeness (QED) is 0.611. The molecule has 4 rings (SSSR count). The van der Waals surface area contributed by atoms with Crippen molar-refractivity contribution in [2.24, 2.45) is 11.8 Å². The zero-order valence-electron chi connectivity index (χ0n) is 16.0. The van der Waals surface area contributed by atoms with Crippen molar-refractivity contribution in [1.82, 2.24) is 19.8 Å². The van der Waals surface area contributed by atoms with Gasteiger partial charge in [0.25, 0.3) is 0 Å². The van der Waals surface area contributed by atoms with Crippen LogP contribution in [-0.2, 0) is 4.74 Å². The summed E-state index contributed by atoms with van der Waals surface area (Å²) in [5.41, 5.74) is 3.48. The van der Waals surface area contributed by atoms with E-state index in [4.69, 9.17) is 16.3 Å². The fraction of sp³-hybridized carbons (Fsp3) is 0.500. The standard InChI is InChI=1S/C20H26ClN5O/c1-12-4-5-13(2)17(10-12)27-11-22-16-8-6-15(7-9-16)19-23-20-18(21)14(3)24-26(20)25-19/h6-9,12-13,17,22,24H,4-5,10-11H2,1-3H3/t12?,13-,17?/m1/s1. The van der Waals surface area contributed by atoms with Crippen molar-refractivity contribution in [3.63, 3.8) is 0 Å². The molecule has 1 aromatic carbocycles.